The molecule has 0 aromatic carbocycles. The van der Waals surface area contributed by atoms with E-state index in [1.54, 1.807) is 0 Å². The van der Waals surface area contributed by atoms with E-state index in [9.17, 15) is 0 Å². The quantitative estimate of drug-likeness (QED) is 0.771. The van der Waals surface area contributed by atoms with Crippen molar-refractivity contribution in [2.24, 2.45) is 0 Å². The minimum Gasteiger partial charge on any atom is -0.312 e. The summed E-state index contributed by atoms with van der Waals surface area (Å²) in [5, 5.41) is 7.87. The van der Waals surface area contributed by atoms with Crippen LogP contribution in [0.2, 0.25) is 0 Å². The van der Waals surface area contributed by atoms with Gasteiger partial charge in [-0.1, -0.05) is 13.8 Å². The van der Waals surface area contributed by atoms with Crippen LogP contribution in [0.1, 0.15) is 36.8 Å². The van der Waals surface area contributed by atoms with Gasteiger partial charge in [0, 0.05) is 37.2 Å². The molecule has 3 heterocycles. The lowest BCUT2D eigenvalue weighted by Crippen LogP contribution is -2.26. The van der Waals surface area contributed by atoms with Gasteiger partial charge in [0.25, 0.3) is 5.78 Å². The van der Waals surface area contributed by atoms with Gasteiger partial charge in [0.1, 0.15) is 0 Å². The van der Waals surface area contributed by atoms with Crippen LogP contribution >= 0.6 is 0 Å². The molecule has 84 valence electrons. The molecule has 3 rings (SSSR count). The topological polar surface area (TPSA) is 55.1 Å². The van der Waals surface area contributed by atoms with Gasteiger partial charge in [0.05, 0.1) is 5.69 Å². The maximum Gasteiger partial charge on any atom is 0.252 e. The number of nitrogens with one attached hydrogen (secondary N) is 1. The van der Waals surface area contributed by atoms with Gasteiger partial charge in [-0.25, -0.2) is 9.50 Å². The number of fused-ring (bicyclic) bond motifs is 3. The molecule has 0 unspecified atom stereocenters. The summed E-state index contributed by atoms with van der Waals surface area (Å²) in [7, 11) is 0. The second-order valence-electron chi connectivity index (χ2n) is 4.49. The van der Waals surface area contributed by atoms with Gasteiger partial charge in [-0.05, 0) is 0 Å². The zero-order valence-electron chi connectivity index (χ0n) is 9.56. The first-order valence-corrected chi connectivity index (χ1v) is 5.70. The van der Waals surface area contributed by atoms with Crippen molar-refractivity contribution in [3.05, 3.63) is 23.3 Å². The van der Waals surface area contributed by atoms with E-state index in [-0.39, 0.29) is 0 Å². The Morgan fingerprint density at radius 3 is 3.12 bits per heavy atom. The lowest BCUT2D eigenvalue weighted by atomic mass is 10.1. The molecule has 0 bridgehead atoms. The minimum absolute atomic E-state index is 0.346. The third-order valence-electron chi connectivity index (χ3n) is 2.94. The molecule has 1 aliphatic rings. The van der Waals surface area contributed by atoms with Crippen LogP contribution in [0.5, 0.6) is 0 Å². The lowest BCUT2D eigenvalue weighted by molar-refractivity contribution is 0.607. The molecule has 0 saturated carbocycles. The summed E-state index contributed by atoms with van der Waals surface area (Å²) in [5.74, 6) is 1.95. The van der Waals surface area contributed by atoms with Crippen LogP contribution in [-0.2, 0) is 13.0 Å². The average molecular weight is 217 g/mol. The van der Waals surface area contributed by atoms with E-state index in [1.165, 1.54) is 11.3 Å². The number of aromatic nitrogens is 4. The van der Waals surface area contributed by atoms with Crippen molar-refractivity contribution in [2.45, 2.75) is 32.7 Å². The minimum atomic E-state index is 0.346. The van der Waals surface area contributed by atoms with Crippen LogP contribution in [0.3, 0.4) is 0 Å². The van der Waals surface area contributed by atoms with Gasteiger partial charge >= 0.3 is 0 Å². The number of hydrogen-bond acceptors (Lipinski definition) is 4. The van der Waals surface area contributed by atoms with Gasteiger partial charge in [0.2, 0.25) is 0 Å². The summed E-state index contributed by atoms with van der Waals surface area (Å²) in [4.78, 5) is 8.79. The second kappa shape index (κ2) is 3.52. The van der Waals surface area contributed by atoms with Crippen LogP contribution in [-0.4, -0.2) is 26.1 Å². The third kappa shape index (κ3) is 1.39. The Bertz CT molecular complexity index is 528. The van der Waals surface area contributed by atoms with E-state index in [4.69, 9.17) is 0 Å². The Morgan fingerprint density at radius 1 is 1.44 bits per heavy atom. The van der Waals surface area contributed by atoms with Crippen molar-refractivity contribution in [1.29, 1.82) is 0 Å². The van der Waals surface area contributed by atoms with Crippen LogP contribution < -0.4 is 5.32 Å². The zero-order valence-corrected chi connectivity index (χ0v) is 9.56. The highest BCUT2D eigenvalue weighted by atomic mass is 15.3. The molecular weight excluding hydrogens is 202 g/mol. The van der Waals surface area contributed by atoms with Crippen molar-refractivity contribution in [3.8, 4) is 0 Å². The number of hydrogen-bond donors (Lipinski definition) is 1. The Hall–Kier alpha value is -1.49. The fraction of sp³-hybridized carbons (Fsp3) is 0.545. The van der Waals surface area contributed by atoms with Crippen LogP contribution in [0.15, 0.2) is 6.20 Å². The summed E-state index contributed by atoms with van der Waals surface area (Å²) >= 11 is 0. The van der Waals surface area contributed by atoms with E-state index >= 15 is 0 Å². The first kappa shape index (κ1) is 9.72. The maximum atomic E-state index is 4.54. The molecule has 5 nitrogen and oxygen atoms in total. The molecule has 16 heavy (non-hydrogen) atoms. The van der Waals surface area contributed by atoms with Gasteiger partial charge < -0.3 is 5.32 Å². The first-order valence-electron chi connectivity index (χ1n) is 5.70. The molecule has 0 amide bonds. The van der Waals surface area contributed by atoms with E-state index in [2.05, 4.69) is 34.2 Å². The molecular formula is C11H15N5. The molecule has 5 heteroatoms. The fourth-order valence-corrected chi connectivity index (χ4v) is 2.02. The van der Waals surface area contributed by atoms with Gasteiger partial charge in [0.15, 0.2) is 5.82 Å². The van der Waals surface area contributed by atoms with Crippen molar-refractivity contribution in [2.75, 3.05) is 6.54 Å². The Kier molecular flexibility index (Phi) is 2.14. The molecule has 0 aliphatic carbocycles. The largest absolute Gasteiger partial charge is 0.312 e. The van der Waals surface area contributed by atoms with Crippen molar-refractivity contribution >= 4 is 5.78 Å². The highest BCUT2D eigenvalue weighted by molar-refractivity contribution is 5.34. The predicted molar refractivity (Wildman–Crippen MR) is 60.3 cm³/mol. The lowest BCUT2D eigenvalue weighted by Gasteiger charge is -2.16. The molecule has 0 radical (unpaired) electrons. The maximum absolute atomic E-state index is 4.54. The predicted octanol–water partition coefficient (Wildman–Crippen LogP) is 0.893. The third-order valence-corrected chi connectivity index (χ3v) is 2.94. The number of rotatable bonds is 1. The van der Waals surface area contributed by atoms with Crippen LogP contribution in [0.4, 0.5) is 0 Å². The van der Waals surface area contributed by atoms with Crippen LogP contribution in [0.25, 0.3) is 5.78 Å². The Morgan fingerprint density at radius 2 is 2.31 bits per heavy atom. The smallest absolute Gasteiger partial charge is 0.252 e. The normalized spacial score (nSPS) is 15.7. The summed E-state index contributed by atoms with van der Waals surface area (Å²) in [6.45, 7) is 6.09. The summed E-state index contributed by atoms with van der Waals surface area (Å²) in [5.41, 5.74) is 2.49. The summed E-state index contributed by atoms with van der Waals surface area (Å²) in [6.07, 6.45) is 2.91. The van der Waals surface area contributed by atoms with Crippen molar-refractivity contribution in [1.82, 2.24) is 24.9 Å². The molecule has 0 saturated heterocycles. The summed E-state index contributed by atoms with van der Waals surface area (Å²) < 4.78 is 1.91. The zero-order chi connectivity index (χ0) is 11.1. The highest BCUT2D eigenvalue weighted by Gasteiger charge is 2.16. The monoisotopic (exact) mass is 217 g/mol. The molecule has 2 aromatic rings. The van der Waals surface area contributed by atoms with Crippen LogP contribution in [0, 0.1) is 0 Å². The molecule has 1 aliphatic heterocycles. The molecule has 0 fully saturated rings. The summed E-state index contributed by atoms with van der Waals surface area (Å²) in [6, 6.07) is 0. The number of nitrogens with zero attached hydrogens (tertiary/aromatic N) is 4. The molecule has 2 aromatic heterocycles. The molecule has 0 atom stereocenters. The fourth-order valence-electron chi connectivity index (χ4n) is 2.02. The van der Waals surface area contributed by atoms with E-state index in [0.29, 0.717) is 5.92 Å². The Labute approximate surface area is 93.9 Å². The standard InChI is InChI=1S/C11H15N5/c1-7(2)10-14-11-13-6-8-5-12-4-3-9(8)16(11)15-10/h6-7,12H,3-5H2,1-2H3. The van der Waals surface area contributed by atoms with Crippen molar-refractivity contribution < 1.29 is 0 Å². The van der Waals surface area contributed by atoms with E-state index in [1.807, 2.05) is 10.7 Å². The molecule has 0 spiro atoms. The van der Waals surface area contributed by atoms with E-state index < -0.39 is 0 Å². The van der Waals surface area contributed by atoms with Gasteiger partial charge in [-0.15, -0.1) is 5.10 Å². The Balaban J connectivity index is 2.22. The second-order valence-corrected chi connectivity index (χ2v) is 4.49. The average Bonchev–Trinajstić information content (AvgIpc) is 2.73. The van der Waals surface area contributed by atoms with Crippen molar-refractivity contribution in [3.63, 3.8) is 0 Å². The van der Waals surface area contributed by atoms with Gasteiger partial charge in [-0.2, -0.15) is 4.98 Å². The SMILES string of the molecule is CC(C)c1nc2ncc3c(n2n1)CCNC3. The van der Waals surface area contributed by atoms with Gasteiger partial charge in [-0.3, -0.25) is 0 Å². The molecule has 1 N–H and O–H groups in total. The van der Waals surface area contributed by atoms with E-state index in [0.717, 1.165) is 31.1 Å². The first-order chi connectivity index (χ1) is 7.75. The highest BCUT2D eigenvalue weighted by Crippen LogP contribution is 2.16.